The second kappa shape index (κ2) is 6.45. The summed E-state index contributed by atoms with van der Waals surface area (Å²) in [7, 11) is 0. The van der Waals surface area contributed by atoms with Crippen LogP contribution in [0.25, 0.3) is 0 Å². The van der Waals surface area contributed by atoms with Crippen LogP contribution in [-0.4, -0.2) is 29.9 Å². The van der Waals surface area contributed by atoms with E-state index in [1.54, 1.807) is 12.1 Å². The lowest BCUT2D eigenvalue weighted by Crippen LogP contribution is -2.32. The first-order chi connectivity index (χ1) is 11.0. The smallest absolute Gasteiger partial charge is 0.240 e. The molecule has 3 rings (SSSR count). The monoisotopic (exact) mass is 340 g/mol. The fourth-order valence-corrected chi connectivity index (χ4v) is 2.97. The molecule has 7 heteroatoms. The van der Waals surface area contributed by atoms with Crippen molar-refractivity contribution in [3.8, 4) is 5.75 Å². The van der Waals surface area contributed by atoms with Crippen LogP contribution in [0.2, 0.25) is 5.02 Å². The number of halogens is 2. The van der Waals surface area contributed by atoms with Crippen LogP contribution in [0.1, 0.15) is 25.3 Å². The minimum atomic E-state index is -0.597. The Kier molecular flexibility index (Phi) is 4.55. The molecule has 0 radical (unpaired) electrons. The molecule has 23 heavy (non-hydrogen) atoms. The van der Waals surface area contributed by atoms with Crippen LogP contribution in [0, 0.1) is 23.6 Å². The van der Waals surface area contributed by atoms with Gasteiger partial charge in [-0.25, -0.2) is 9.82 Å². The lowest BCUT2D eigenvalue weighted by Gasteiger charge is -2.20. The van der Waals surface area contributed by atoms with Crippen LogP contribution >= 0.6 is 11.6 Å². The van der Waals surface area contributed by atoms with Crippen LogP contribution in [-0.2, 0) is 4.79 Å². The second-order valence-corrected chi connectivity index (χ2v) is 6.50. The number of hydrogen-bond donors (Lipinski definition) is 2. The number of aliphatic hydroxyl groups excluding tert-OH is 1. The van der Waals surface area contributed by atoms with Gasteiger partial charge in [-0.2, -0.15) is 5.10 Å². The van der Waals surface area contributed by atoms with Crippen LogP contribution in [0.15, 0.2) is 17.2 Å². The van der Waals surface area contributed by atoms with Gasteiger partial charge in [-0.05, 0) is 30.4 Å². The number of aliphatic hydroxyl groups is 1. The summed E-state index contributed by atoms with van der Waals surface area (Å²) in [4.78, 5) is 11.3. The summed E-state index contributed by atoms with van der Waals surface area (Å²) < 4.78 is 20.1. The largest absolute Gasteiger partial charge is 0.492 e. The molecule has 124 valence electrons. The van der Waals surface area contributed by atoms with Crippen LogP contribution in [0.3, 0.4) is 0 Å². The highest BCUT2D eigenvalue weighted by Gasteiger charge is 2.37. The van der Waals surface area contributed by atoms with Crippen molar-refractivity contribution in [2.45, 2.75) is 19.8 Å². The molecule has 1 saturated carbocycles. The number of carbonyl (C=O) groups excluding carboxylic acids is 1. The van der Waals surface area contributed by atoms with E-state index in [0.29, 0.717) is 18.2 Å². The average Bonchev–Trinajstić information content (AvgIpc) is 3.28. The summed E-state index contributed by atoms with van der Waals surface area (Å²) in [5.41, 5.74) is 3.11. The number of hydrogen-bond acceptors (Lipinski definition) is 4. The Morgan fingerprint density at radius 2 is 2.26 bits per heavy atom. The molecule has 1 aliphatic carbocycles. The van der Waals surface area contributed by atoms with Gasteiger partial charge in [-0.1, -0.05) is 18.5 Å². The number of nitrogens with one attached hydrogen (secondary N) is 1. The topological polar surface area (TPSA) is 70.9 Å². The zero-order valence-electron chi connectivity index (χ0n) is 12.7. The van der Waals surface area contributed by atoms with Gasteiger partial charge in [0, 0.05) is 24.5 Å². The molecule has 1 aromatic rings. The van der Waals surface area contributed by atoms with Gasteiger partial charge in [0.2, 0.25) is 5.91 Å². The van der Waals surface area contributed by atoms with Crippen molar-refractivity contribution >= 4 is 23.2 Å². The average molecular weight is 341 g/mol. The number of nitrogens with zero attached hydrogens (tertiary/aromatic N) is 1. The molecule has 0 spiro atoms. The Morgan fingerprint density at radius 3 is 2.91 bits per heavy atom. The molecule has 5 nitrogen and oxygen atoms in total. The third-order valence-corrected chi connectivity index (χ3v) is 4.69. The number of benzene rings is 1. The molecule has 1 fully saturated rings. The van der Waals surface area contributed by atoms with Crippen molar-refractivity contribution in [3.05, 3.63) is 28.5 Å². The highest BCUT2D eigenvalue weighted by atomic mass is 35.5. The number of carbonyl (C=O) groups is 1. The van der Waals surface area contributed by atoms with Crippen molar-refractivity contribution in [2.75, 3.05) is 13.2 Å². The maximum atomic E-state index is 14.6. The number of amides is 1. The molecular formula is C16H18ClFN2O3. The first-order valence-electron chi connectivity index (χ1n) is 7.59. The molecule has 0 saturated heterocycles. The summed E-state index contributed by atoms with van der Waals surface area (Å²) in [6, 6.07) is 3.18. The van der Waals surface area contributed by atoms with E-state index in [9.17, 15) is 9.18 Å². The van der Waals surface area contributed by atoms with E-state index in [1.165, 1.54) is 0 Å². The Balaban J connectivity index is 1.76. The van der Waals surface area contributed by atoms with Crippen LogP contribution in [0.5, 0.6) is 5.75 Å². The molecule has 0 aromatic heterocycles. The molecule has 2 aliphatic rings. The lowest BCUT2D eigenvalue weighted by atomic mass is 9.94. The molecule has 2 N–H and O–H groups in total. The van der Waals surface area contributed by atoms with Crippen LogP contribution in [0.4, 0.5) is 4.39 Å². The molecule has 0 bridgehead atoms. The predicted molar refractivity (Wildman–Crippen MR) is 84.0 cm³/mol. The summed E-state index contributed by atoms with van der Waals surface area (Å²) in [5, 5.41) is 12.9. The highest BCUT2D eigenvalue weighted by molar-refractivity contribution is 6.32. The SMILES string of the molecule is CC1CC(=O)NN=C1c1ccc(OCC2CC2CO)c(Cl)c1F. The Morgan fingerprint density at radius 1 is 1.48 bits per heavy atom. The standard InChI is InChI=1S/C16H18ClFN2O3/c1-8-4-13(22)19-20-16(8)11-2-3-12(14(17)15(11)18)23-7-10-5-9(10)6-21/h2-3,8-10,21H,4-7H2,1H3,(H,19,22). The van der Waals surface area contributed by atoms with E-state index in [0.717, 1.165) is 6.42 Å². The van der Waals surface area contributed by atoms with Crippen molar-refractivity contribution < 1.29 is 19.0 Å². The maximum Gasteiger partial charge on any atom is 0.240 e. The molecule has 3 unspecified atom stereocenters. The lowest BCUT2D eigenvalue weighted by molar-refractivity contribution is -0.121. The molecular weight excluding hydrogens is 323 g/mol. The van der Waals surface area contributed by atoms with Gasteiger partial charge in [0.1, 0.15) is 10.8 Å². The summed E-state index contributed by atoms with van der Waals surface area (Å²) in [6.07, 6.45) is 1.18. The molecule has 1 aliphatic heterocycles. The molecule has 1 heterocycles. The van der Waals surface area contributed by atoms with E-state index in [4.69, 9.17) is 21.4 Å². The first-order valence-corrected chi connectivity index (χ1v) is 7.97. The van der Waals surface area contributed by atoms with Crippen molar-refractivity contribution in [1.82, 2.24) is 5.43 Å². The zero-order valence-corrected chi connectivity index (χ0v) is 13.4. The molecule has 3 atom stereocenters. The van der Waals surface area contributed by atoms with Gasteiger partial charge >= 0.3 is 0 Å². The van der Waals surface area contributed by atoms with Crippen molar-refractivity contribution in [3.63, 3.8) is 0 Å². The van der Waals surface area contributed by atoms with E-state index in [1.807, 2.05) is 6.92 Å². The van der Waals surface area contributed by atoms with Gasteiger partial charge in [-0.3, -0.25) is 4.79 Å². The Hall–Kier alpha value is -1.66. The first kappa shape index (κ1) is 16.2. The fraction of sp³-hybridized carbons (Fsp3) is 0.500. The van der Waals surface area contributed by atoms with Gasteiger partial charge in [-0.15, -0.1) is 0 Å². The van der Waals surface area contributed by atoms with E-state index in [-0.39, 0.29) is 47.1 Å². The van der Waals surface area contributed by atoms with E-state index in [2.05, 4.69) is 10.5 Å². The summed E-state index contributed by atoms with van der Waals surface area (Å²) in [6.45, 7) is 2.38. The minimum Gasteiger partial charge on any atom is -0.492 e. The normalized spacial score (nSPS) is 26.5. The second-order valence-electron chi connectivity index (χ2n) is 6.13. The third kappa shape index (κ3) is 3.33. The third-order valence-electron chi connectivity index (χ3n) is 4.34. The predicted octanol–water partition coefficient (Wildman–Crippen LogP) is 2.35. The Bertz CT molecular complexity index is 665. The van der Waals surface area contributed by atoms with E-state index >= 15 is 0 Å². The quantitative estimate of drug-likeness (QED) is 0.864. The minimum absolute atomic E-state index is 0.0875. The van der Waals surface area contributed by atoms with Gasteiger partial charge in [0.05, 0.1) is 12.3 Å². The van der Waals surface area contributed by atoms with E-state index < -0.39 is 5.82 Å². The summed E-state index contributed by atoms with van der Waals surface area (Å²) >= 11 is 6.08. The number of hydrazone groups is 1. The maximum absolute atomic E-state index is 14.6. The van der Waals surface area contributed by atoms with Gasteiger partial charge < -0.3 is 9.84 Å². The van der Waals surface area contributed by atoms with Gasteiger partial charge in [0.25, 0.3) is 0 Å². The number of rotatable bonds is 5. The fourth-order valence-electron chi connectivity index (χ4n) is 2.75. The molecule has 1 amide bonds. The number of ether oxygens (including phenoxy) is 1. The van der Waals surface area contributed by atoms with Crippen LogP contribution < -0.4 is 10.2 Å². The highest BCUT2D eigenvalue weighted by Crippen LogP contribution is 2.39. The summed E-state index contributed by atoms with van der Waals surface area (Å²) in [5.74, 6) is -0.103. The van der Waals surface area contributed by atoms with Gasteiger partial charge in [0.15, 0.2) is 5.82 Å². The zero-order chi connectivity index (χ0) is 16.6. The van der Waals surface area contributed by atoms with Crippen molar-refractivity contribution in [1.29, 1.82) is 0 Å². The molecule has 1 aromatic carbocycles. The van der Waals surface area contributed by atoms with Crippen molar-refractivity contribution in [2.24, 2.45) is 22.9 Å². The Labute approximate surface area is 138 Å².